The summed E-state index contributed by atoms with van der Waals surface area (Å²) in [7, 11) is 0. The molecule has 0 aromatic carbocycles. The number of hydrogen-bond acceptors (Lipinski definition) is 4. The molecule has 0 saturated heterocycles. The second-order valence-corrected chi connectivity index (χ2v) is 4.23. The minimum atomic E-state index is 0.0696. The number of pyridine rings is 1. The van der Waals surface area contributed by atoms with Crippen LogP contribution >= 0.6 is 11.3 Å². The number of aryl methyl sites for hydroxylation is 1. The second-order valence-electron chi connectivity index (χ2n) is 3.23. The molecule has 0 N–H and O–H groups in total. The topological polar surface area (TPSA) is 42.9 Å². The van der Waals surface area contributed by atoms with Crippen molar-refractivity contribution in [2.45, 2.75) is 13.8 Å². The molecule has 0 aliphatic heterocycles. The zero-order chi connectivity index (χ0) is 10.8. The van der Waals surface area contributed by atoms with Gasteiger partial charge >= 0.3 is 0 Å². The van der Waals surface area contributed by atoms with Crippen molar-refractivity contribution in [1.82, 2.24) is 9.97 Å². The molecule has 0 spiro atoms. The summed E-state index contributed by atoms with van der Waals surface area (Å²) in [5.41, 5.74) is 1.75. The Morgan fingerprint density at radius 1 is 1.47 bits per heavy atom. The average Bonchev–Trinajstić information content (AvgIpc) is 2.62. The molecule has 2 heterocycles. The van der Waals surface area contributed by atoms with Crippen molar-refractivity contribution in [2.24, 2.45) is 0 Å². The van der Waals surface area contributed by atoms with Crippen molar-refractivity contribution in [3.63, 3.8) is 0 Å². The molecular weight excluding hydrogens is 208 g/mol. The van der Waals surface area contributed by atoms with E-state index in [4.69, 9.17) is 0 Å². The number of carbonyl (C=O) groups is 1. The first-order chi connectivity index (χ1) is 7.18. The molecule has 0 fully saturated rings. The van der Waals surface area contributed by atoms with Gasteiger partial charge < -0.3 is 0 Å². The number of aromatic nitrogens is 2. The first-order valence-corrected chi connectivity index (χ1v) is 5.39. The van der Waals surface area contributed by atoms with E-state index in [9.17, 15) is 4.79 Å². The van der Waals surface area contributed by atoms with Gasteiger partial charge in [0.15, 0.2) is 5.78 Å². The minimum Gasteiger partial charge on any atom is -0.294 e. The number of hydrogen-bond donors (Lipinski definition) is 0. The molecule has 0 aliphatic rings. The molecular formula is C11H10N2OS. The highest BCUT2D eigenvalue weighted by Crippen LogP contribution is 2.27. The Bertz CT molecular complexity index is 491. The van der Waals surface area contributed by atoms with E-state index in [1.165, 1.54) is 11.3 Å². The standard InChI is InChI=1S/C11H10N2OS/c1-7-10(8(2)14)15-11(13-7)9-4-3-5-12-6-9/h3-6H,1-2H3. The molecule has 3 nitrogen and oxygen atoms in total. The highest BCUT2D eigenvalue weighted by molar-refractivity contribution is 7.17. The third kappa shape index (κ3) is 1.94. The molecule has 0 unspecified atom stereocenters. The lowest BCUT2D eigenvalue weighted by Gasteiger charge is -1.91. The number of carbonyl (C=O) groups excluding carboxylic acids is 1. The van der Waals surface area contributed by atoms with Crippen LogP contribution in [0.15, 0.2) is 24.5 Å². The molecule has 2 aromatic heterocycles. The molecule has 2 aromatic rings. The third-order valence-corrected chi connectivity index (χ3v) is 3.33. The van der Waals surface area contributed by atoms with Gasteiger partial charge in [0.2, 0.25) is 0 Å². The zero-order valence-electron chi connectivity index (χ0n) is 8.52. The van der Waals surface area contributed by atoms with Gasteiger partial charge in [0.1, 0.15) is 5.01 Å². The summed E-state index contributed by atoms with van der Waals surface area (Å²) in [5, 5.41) is 0.853. The van der Waals surface area contributed by atoms with Crippen LogP contribution in [-0.2, 0) is 0 Å². The number of nitrogens with zero attached hydrogens (tertiary/aromatic N) is 2. The van der Waals surface area contributed by atoms with Gasteiger partial charge in [-0.3, -0.25) is 9.78 Å². The predicted octanol–water partition coefficient (Wildman–Crippen LogP) is 2.72. The van der Waals surface area contributed by atoms with E-state index < -0.39 is 0 Å². The largest absolute Gasteiger partial charge is 0.294 e. The van der Waals surface area contributed by atoms with Gasteiger partial charge in [0, 0.05) is 24.9 Å². The molecule has 0 bridgehead atoms. The van der Waals surface area contributed by atoms with Crippen LogP contribution in [0.2, 0.25) is 0 Å². The van der Waals surface area contributed by atoms with Crippen LogP contribution < -0.4 is 0 Å². The van der Waals surface area contributed by atoms with Gasteiger partial charge in [-0.25, -0.2) is 4.98 Å². The van der Waals surface area contributed by atoms with Crippen LogP contribution in [0.5, 0.6) is 0 Å². The highest BCUT2D eigenvalue weighted by atomic mass is 32.1. The zero-order valence-corrected chi connectivity index (χ0v) is 9.34. The lowest BCUT2D eigenvalue weighted by molar-refractivity contribution is 0.102. The summed E-state index contributed by atoms with van der Waals surface area (Å²) >= 11 is 1.42. The number of thiazole rings is 1. The van der Waals surface area contributed by atoms with E-state index in [0.29, 0.717) is 0 Å². The van der Waals surface area contributed by atoms with E-state index in [-0.39, 0.29) is 5.78 Å². The van der Waals surface area contributed by atoms with Crippen molar-refractivity contribution < 1.29 is 4.79 Å². The average molecular weight is 218 g/mol. The van der Waals surface area contributed by atoms with Crippen LogP contribution in [0.25, 0.3) is 10.6 Å². The predicted molar refractivity (Wildman–Crippen MR) is 60.1 cm³/mol. The normalized spacial score (nSPS) is 10.3. The molecule has 0 radical (unpaired) electrons. The lowest BCUT2D eigenvalue weighted by Crippen LogP contribution is -1.89. The first-order valence-electron chi connectivity index (χ1n) is 4.57. The smallest absolute Gasteiger partial charge is 0.171 e. The van der Waals surface area contributed by atoms with Crippen LogP contribution in [0.1, 0.15) is 22.3 Å². The minimum absolute atomic E-state index is 0.0696. The van der Waals surface area contributed by atoms with E-state index in [1.54, 1.807) is 19.3 Å². The number of Topliss-reactive ketones (excluding diaryl/α,β-unsaturated/α-hetero) is 1. The summed E-state index contributed by atoms with van der Waals surface area (Å²) < 4.78 is 0. The monoisotopic (exact) mass is 218 g/mol. The molecule has 2 rings (SSSR count). The van der Waals surface area contributed by atoms with Crippen molar-refractivity contribution in [3.05, 3.63) is 35.1 Å². The maximum atomic E-state index is 11.3. The Morgan fingerprint density at radius 2 is 2.27 bits per heavy atom. The molecule has 0 amide bonds. The van der Waals surface area contributed by atoms with Gasteiger partial charge in [-0.15, -0.1) is 11.3 Å². The van der Waals surface area contributed by atoms with Gasteiger partial charge in [0.05, 0.1) is 10.6 Å². The number of rotatable bonds is 2. The van der Waals surface area contributed by atoms with E-state index >= 15 is 0 Å². The maximum absolute atomic E-state index is 11.3. The Morgan fingerprint density at radius 3 is 2.80 bits per heavy atom. The quantitative estimate of drug-likeness (QED) is 0.728. The van der Waals surface area contributed by atoms with Crippen LogP contribution in [0.3, 0.4) is 0 Å². The molecule has 4 heteroatoms. The summed E-state index contributed by atoms with van der Waals surface area (Å²) in [6, 6.07) is 3.80. The van der Waals surface area contributed by atoms with Crippen LogP contribution in [0, 0.1) is 6.92 Å². The Hall–Kier alpha value is -1.55. The number of ketones is 1. The Balaban J connectivity index is 2.48. The van der Waals surface area contributed by atoms with Gasteiger partial charge in [-0.2, -0.15) is 0 Å². The fourth-order valence-electron chi connectivity index (χ4n) is 1.34. The summed E-state index contributed by atoms with van der Waals surface area (Å²) in [4.78, 5) is 20.4. The fourth-order valence-corrected chi connectivity index (χ4v) is 2.29. The SMILES string of the molecule is CC(=O)c1sc(-c2cccnc2)nc1C. The van der Waals surface area contributed by atoms with Crippen molar-refractivity contribution in [1.29, 1.82) is 0 Å². The van der Waals surface area contributed by atoms with Crippen LogP contribution in [-0.4, -0.2) is 15.8 Å². The Labute approximate surface area is 91.8 Å². The molecule has 0 saturated carbocycles. The lowest BCUT2D eigenvalue weighted by atomic mass is 10.3. The maximum Gasteiger partial charge on any atom is 0.171 e. The fraction of sp³-hybridized carbons (Fsp3) is 0.182. The molecule has 0 aliphatic carbocycles. The third-order valence-electron chi connectivity index (χ3n) is 2.02. The van der Waals surface area contributed by atoms with E-state index in [0.717, 1.165) is 21.1 Å². The van der Waals surface area contributed by atoms with Crippen LogP contribution in [0.4, 0.5) is 0 Å². The van der Waals surface area contributed by atoms with Gasteiger partial charge in [-0.05, 0) is 19.1 Å². The molecule has 15 heavy (non-hydrogen) atoms. The van der Waals surface area contributed by atoms with E-state index in [2.05, 4.69) is 9.97 Å². The summed E-state index contributed by atoms with van der Waals surface area (Å²) in [6.07, 6.45) is 3.47. The Kier molecular flexibility index (Phi) is 2.60. The first kappa shape index (κ1) is 9.98. The van der Waals surface area contributed by atoms with Crippen molar-refractivity contribution in [2.75, 3.05) is 0 Å². The van der Waals surface area contributed by atoms with E-state index in [1.807, 2.05) is 19.1 Å². The van der Waals surface area contributed by atoms with Crippen molar-refractivity contribution >= 4 is 17.1 Å². The summed E-state index contributed by atoms with van der Waals surface area (Å²) in [6.45, 7) is 3.42. The second kappa shape index (κ2) is 3.90. The van der Waals surface area contributed by atoms with Crippen molar-refractivity contribution in [3.8, 4) is 10.6 Å². The van der Waals surface area contributed by atoms with Gasteiger partial charge in [0.25, 0.3) is 0 Å². The summed E-state index contributed by atoms with van der Waals surface area (Å²) in [5.74, 6) is 0.0696. The highest BCUT2D eigenvalue weighted by Gasteiger charge is 2.12. The van der Waals surface area contributed by atoms with Gasteiger partial charge in [-0.1, -0.05) is 0 Å². The molecule has 76 valence electrons. The molecule has 0 atom stereocenters.